The van der Waals surface area contributed by atoms with Gasteiger partial charge in [0, 0.05) is 29.6 Å². The number of hydrogen-bond donors (Lipinski definition) is 0. The molecule has 0 amide bonds. The molecule has 0 bridgehead atoms. The first-order valence-corrected chi connectivity index (χ1v) is 11.2. The number of carbonyl (C=O) groups excluding carboxylic acids is 1. The molecule has 0 aliphatic carbocycles. The summed E-state index contributed by atoms with van der Waals surface area (Å²) < 4.78 is 0.845. The van der Waals surface area contributed by atoms with E-state index in [0.29, 0.717) is 5.56 Å². The van der Waals surface area contributed by atoms with Gasteiger partial charge in [-0.15, -0.1) is 0 Å². The lowest BCUT2D eigenvalue weighted by Gasteiger charge is -2.25. The summed E-state index contributed by atoms with van der Waals surface area (Å²) in [6.45, 7) is 6.33. The van der Waals surface area contributed by atoms with Crippen LogP contribution in [0.15, 0.2) is 66.7 Å². The van der Waals surface area contributed by atoms with Crippen LogP contribution in [-0.4, -0.2) is 28.1 Å². The number of allylic oxidation sites excluding steroid dienone is 1. The maximum atomic E-state index is 12.8. The third kappa shape index (κ3) is 7.25. The van der Waals surface area contributed by atoms with Crippen molar-refractivity contribution in [2.24, 2.45) is 0 Å². The number of nitrogens with zero attached hydrogens (tertiary/aromatic N) is 1. The zero-order valence-electron chi connectivity index (χ0n) is 16.8. The lowest BCUT2D eigenvalue weighted by Crippen LogP contribution is -2.29. The summed E-state index contributed by atoms with van der Waals surface area (Å²) in [7, 11) is 0. The predicted molar refractivity (Wildman–Crippen MR) is 127 cm³/mol. The molecule has 0 aliphatic heterocycles. The predicted octanol–water partition coefficient (Wildman–Crippen LogP) is 6.83. The van der Waals surface area contributed by atoms with Gasteiger partial charge in [0.2, 0.25) is 0 Å². The van der Waals surface area contributed by atoms with Gasteiger partial charge in [0.05, 0.1) is 0 Å². The quantitative estimate of drug-likeness (QED) is 0.242. The minimum absolute atomic E-state index is 0.00317. The standard InChI is InChI=1S/C24H29NOS2/c1-3-5-17-25(18-6-4-2)24(27)28-23(21-15-11-8-12-16-21)19-22(26)20-13-9-7-10-14-20/h7-16,19H,3-6,17-18H2,1-2H3/b23-19+. The number of carbonyl (C=O) groups is 1. The van der Waals surface area contributed by atoms with E-state index in [9.17, 15) is 4.79 Å². The first-order chi connectivity index (χ1) is 13.7. The highest BCUT2D eigenvalue weighted by atomic mass is 32.2. The first kappa shape index (κ1) is 22.4. The Morgan fingerprint density at radius 3 is 1.89 bits per heavy atom. The fraction of sp³-hybridized carbons (Fsp3) is 0.333. The van der Waals surface area contributed by atoms with Crippen molar-refractivity contribution in [3.8, 4) is 0 Å². The number of hydrogen-bond acceptors (Lipinski definition) is 3. The van der Waals surface area contributed by atoms with Crippen LogP contribution in [0.5, 0.6) is 0 Å². The van der Waals surface area contributed by atoms with E-state index < -0.39 is 0 Å². The van der Waals surface area contributed by atoms with E-state index in [1.54, 1.807) is 6.08 Å². The highest BCUT2D eigenvalue weighted by molar-refractivity contribution is 8.29. The molecule has 2 rings (SSSR count). The zero-order valence-corrected chi connectivity index (χ0v) is 18.4. The summed E-state index contributed by atoms with van der Waals surface area (Å²) in [6.07, 6.45) is 6.25. The normalized spacial score (nSPS) is 11.3. The second-order valence-electron chi connectivity index (χ2n) is 6.67. The van der Waals surface area contributed by atoms with E-state index in [1.165, 1.54) is 11.8 Å². The molecule has 0 spiro atoms. The van der Waals surface area contributed by atoms with E-state index >= 15 is 0 Å². The zero-order chi connectivity index (χ0) is 20.2. The molecule has 0 heterocycles. The SMILES string of the molecule is CCCCN(CCCC)C(=S)S/C(=C/C(=O)c1ccccc1)c1ccccc1. The Morgan fingerprint density at radius 2 is 1.39 bits per heavy atom. The molecular formula is C24H29NOS2. The second-order valence-corrected chi connectivity index (χ2v) is 8.34. The number of thioether (sulfide) groups is 1. The lowest BCUT2D eigenvalue weighted by atomic mass is 10.1. The van der Waals surface area contributed by atoms with Gasteiger partial charge in [0.25, 0.3) is 0 Å². The van der Waals surface area contributed by atoms with Gasteiger partial charge in [-0.3, -0.25) is 4.79 Å². The van der Waals surface area contributed by atoms with Gasteiger partial charge in [-0.2, -0.15) is 0 Å². The van der Waals surface area contributed by atoms with Gasteiger partial charge in [-0.25, -0.2) is 0 Å². The molecule has 2 aromatic carbocycles. The fourth-order valence-electron chi connectivity index (χ4n) is 2.73. The monoisotopic (exact) mass is 411 g/mol. The number of unbranched alkanes of at least 4 members (excludes halogenated alkanes) is 2. The minimum atomic E-state index is 0.00317. The molecule has 0 saturated heterocycles. The molecule has 28 heavy (non-hydrogen) atoms. The number of rotatable bonds is 10. The van der Waals surface area contributed by atoms with Crippen LogP contribution in [0.4, 0.5) is 0 Å². The second kappa shape index (κ2) is 12.5. The van der Waals surface area contributed by atoms with Crippen molar-refractivity contribution in [3.05, 3.63) is 77.9 Å². The Morgan fingerprint density at radius 1 is 0.893 bits per heavy atom. The van der Waals surface area contributed by atoms with Crippen molar-refractivity contribution >= 4 is 39.0 Å². The van der Waals surface area contributed by atoms with Crippen LogP contribution in [0, 0.1) is 0 Å². The van der Waals surface area contributed by atoms with Crippen molar-refractivity contribution < 1.29 is 4.79 Å². The third-order valence-corrected chi connectivity index (χ3v) is 5.91. The highest BCUT2D eigenvalue weighted by Crippen LogP contribution is 2.31. The molecule has 2 aromatic rings. The van der Waals surface area contributed by atoms with E-state index in [2.05, 4.69) is 18.7 Å². The van der Waals surface area contributed by atoms with Crippen LogP contribution in [0.1, 0.15) is 55.5 Å². The molecule has 0 unspecified atom stereocenters. The Labute approximate surface area is 179 Å². The smallest absolute Gasteiger partial charge is 0.186 e. The molecule has 0 saturated carbocycles. The van der Waals surface area contributed by atoms with Gasteiger partial charge >= 0.3 is 0 Å². The van der Waals surface area contributed by atoms with Crippen LogP contribution >= 0.6 is 24.0 Å². The first-order valence-electron chi connectivity index (χ1n) is 9.99. The summed E-state index contributed by atoms with van der Waals surface area (Å²) >= 11 is 7.31. The summed E-state index contributed by atoms with van der Waals surface area (Å²) in [5, 5.41) is 0. The van der Waals surface area contributed by atoms with Crippen LogP contribution in [0.2, 0.25) is 0 Å². The highest BCUT2D eigenvalue weighted by Gasteiger charge is 2.15. The minimum Gasteiger partial charge on any atom is -0.357 e. The summed E-state index contributed by atoms with van der Waals surface area (Å²) in [5.74, 6) is 0.00317. The van der Waals surface area contributed by atoms with Crippen molar-refractivity contribution in [2.75, 3.05) is 13.1 Å². The van der Waals surface area contributed by atoms with E-state index in [1.807, 2.05) is 60.7 Å². The number of benzene rings is 2. The van der Waals surface area contributed by atoms with E-state index in [-0.39, 0.29) is 5.78 Å². The Bertz CT molecular complexity index is 764. The fourth-order valence-corrected chi connectivity index (χ4v) is 4.10. The summed E-state index contributed by atoms with van der Waals surface area (Å²) in [5.41, 5.74) is 1.71. The lowest BCUT2D eigenvalue weighted by molar-refractivity contribution is 0.104. The molecule has 0 fully saturated rings. The molecule has 0 aliphatic rings. The molecule has 0 radical (unpaired) electrons. The average molecular weight is 412 g/mol. The topological polar surface area (TPSA) is 20.3 Å². The molecule has 148 valence electrons. The molecule has 2 nitrogen and oxygen atoms in total. The molecule has 0 aromatic heterocycles. The average Bonchev–Trinajstić information content (AvgIpc) is 2.74. The number of ketones is 1. The molecule has 0 atom stereocenters. The van der Waals surface area contributed by atoms with Gasteiger partial charge < -0.3 is 4.90 Å². The largest absolute Gasteiger partial charge is 0.357 e. The number of thiocarbonyl (C=S) groups is 1. The Hall–Kier alpha value is -1.91. The van der Waals surface area contributed by atoms with Crippen molar-refractivity contribution in [2.45, 2.75) is 39.5 Å². The summed E-state index contributed by atoms with van der Waals surface area (Å²) in [6, 6.07) is 19.4. The van der Waals surface area contributed by atoms with Crippen LogP contribution in [-0.2, 0) is 0 Å². The van der Waals surface area contributed by atoms with Crippen molar-refractivity contribution in [1.29, 1.82) is 0 Å². The van der Waals surface area contributed by atoms with Crippen molar-refractivity contribution in [3.63, 3.8) is 0 Å². The van der Waals surface area contributed by atoms with Gasteiger partial charge in [0.15, 0.2) is 5.78 Å². The van der Waals surface area contributed by atoms with Crippen LogP contribution in [0.25, 0.3) is 4.91 Å². The molecule has 4 heteroatoms. The van der Waals surface area contributed by atoms with Crippen LogP contribution in [0.3, 0.4) is 0 Å². The van der Waals surface area contributed by atoms with Crippen LogP contribution < -0.4 is 0 Å². The van der Waals surface area contributed by atoms with E-state index in [4.69, 9.17) is 12.2 Å². The third-order valence-electron chi connectivity index (χ3n) is 4.40. The summed E-state index contributed by atoms with van der Waals surface area (Å²) in [4.78, 5) is 16.0. The van der Waals surface area contributed by atoms with Gasteiger partial charge in [-0.1, -0.05) is 111 Å². The van der Waals surface area contributed by atoms with Crippen molar-refractivity contribution in [1.82, 2.24) is 4.90 Å². The van der Waals surface area contributed by atoms with Gasteiger partial charge in [0.1, 0.15) is 4.32 Å². The Balaban J connectivity index is 2.25. The maximum Gasteiger partial charge on any atom is 0.186 e. The molecule has 0 N–H and O–H groups in total. The van der Waals surface area contributed by atoms with E-state index in [0.717, 1.165) is 53.6 Å². The molecular weight excluding hydrogens is 382 g/mol. The van der Waals surface area contributed by atoms with Gasteiger partial charge in [-0.05, 0) is 18.4 Å². The maximum absolute atomic E-state index is 12.8. The Kier molecular flexibility index (Phi) is 10.0.